The lowest BCUT2D eigenvalue weighted by Crippen LogP contribution is -2.35. The fourth-order valence-corrected chi connectivity index (χ4v) is 1.54. The molecule has 78 valence electrons. The van der Waals surface area contributed by atoms with E-state index in [1.807, 2.05) is 24.3 Å². The number of para-hydroxylation sites is 1. The second-order valence-electron chi connectivity index (χ2n) is 4.83. The summed E-state index contributed by atoms with van der Waals surface area (Å²) in [6.45, 7) is 10.4. The molecular formula is C13H16N2. The molecule has 2 heteroatoms. The van der Waals surface area contributed by atoms with Gasteiger partial charge in [-0.2, -0.15) is 0 Å². The van der Waals surface area contributed by atoms with Crippen molar-refractivity contribution in [1.82, 2.24) is 5.32 Å². The van der Waals surface area contributed by atoms with Crippen LogP contribution in [-0.4, -0.2) is 5.84 Å². The summed E-state index contributed by atoms with van der Waals surface area (Å²) in [6, 6.07) is 8.06. The SMILES string of the molecule is C=C1NC(C(C)(C)C)=Nc2ccccc21. The largest absolute Gasteiger partial charge is 0.343 e. The Bertz CT molecular complexity index is 436. The topological polar surface area (TPSA) is 24.4 Å². The van der Waals surface area contributed by atoms with Gasteiger partial charge in [-0.15, -0.1) is 0 Å². The molecule has 1 heterocycles. The van der Waals surface area contributed by atoms with Crippen molar-refractivity contribution in [2.24, 2.45) is 10.4 Å². The van der Waals surface area contributed by atoms with Crippen molar-refractivity contribution in [1.29, 1.82) is 0 Å². The Morgan fingerprint density at radius 1 is 1.20 bits per heavy atom. The monoisotopic (exact) mass is 200 g/mol. The number of nitrogens with one attached hydrogen (secondary N) is 1. The van der Waals surface area contributed by atoms with Crippen molar-refractivity contribution in [2.75, 3.05) is 0 Å². The van der Waals surface area contributed by atoms with Crippen LogP contribution < -0.4 is 5.32 Å². The van der Waals surface area contributed by atoms with E-state index in [0.29, 0.717) is 0 Å². The Labute approximate surface area is 90.7 Å². The van der Waals surface area contributed by atoms with E-state index in [0.717, 1.165) is 22.8 Å². The molecule has 1 aliphatic heterocycles. The number of hydrogen-bond acceptors (Lipinski definition) is 2. The van der Waals surface area contributed by atoms with Crippen LogP contribution in [0.3, 0.4) is 0 Å². The lowest BCUT2D eigenvalue weighted by Gasteiger charge is -2.28. The van der Waals surface area contributed by atoms with Crippen LogP contribution in [0.2, 0.25) is 0 Å². The summed E-state index contributed by atoms with van der Waals surface area (Å²) in [5.41, 5.74) is 3.05. The molecule has 1 N–H and O–H groups in total. The maximum Gasteiger partial charge on any atom is 0.112 e. The highest BCUT2D eigenvalue weighted by atomic mass is 15.0. The highest BCUT2D eigenvalue weighted by Crippen LogP contribution is 2.31. The molecule has 0 spiro atoms. The number of nitrogens with zero attached hydrogens (tertiary/aromatic N) is 1. The Morgan fingerprint density at radius 2 is 1.87 bits per heavy atom. The quantitative estimate of drug-likeness (QED) is 0.682. The summed E-state index contributed by atoms with van der Waals surface area (Å²) in [5.74, 6) is 0.978. The fraction of sp³-hybridized carbons (Fsp3) is 0.308. The van der Waals surface area contributed by atoms with Gasteiger partial charge in [-0.3, -0.25) is 0 Å². The summed E-state index contributed by atoms with van der Waals surface area (Å²) in [6.07, 6.45) is 0. The molecule has 0 fully saturated rings. The maximum absolute atomic E-state index is 4.61. The molecule has 1 aromatic rings. The summed E-state index contributed by atoms with van der Waals surface area (Å²) in [7, 11) is 0. The van der Waals surface area contributed by atoms with Crippen molar-refractivity contribution >= 4 is 17.2 Å². The standard InChI is InChI=1S/C13H16N2/c1-9-10-7-5-6-8-11(10)15-12(14-9)13(2,3)4/h5-8H,1H2,2-4H3,(H,14,15). The molecule has 0 aromatic heterocycles. The third-order valence-electron chi connectivity index (χ3n) is 2.44. The average Bonchev–Trinajstić information content (AvgIpc) is 2.16. The van der Waals surface area contributed by atoms with Gasteiger partial charge in [0.05, 0.1) is 5.69 Å². The van der Waals surface area contributed by atoms with Crippen molar-refractivity contribution in [2.45, 2.75) is 20.8 Å². The van der Waals surface area contributed by atoms with E-state index in [2.05, 4.69) is 37.7 Å². The minimum absolute atomic E-state index is 0.0243. The van der Waals surface area contributed by atoms with Crippen LogP contribution in [0.5, 0.6) is 0 Å². The van der Waals surface area contributed by atoms with E-state index in [9.17, 15) is 0 Å². The molecule has 15 heavy (non-hydrogen) atoms. The predicted molar refractivity (Wildman–Crippen MR) is 65.2 cm³/mol. The molecule has 1 aromatic carbocycles. The Morgan fingerprint density at radius 3 is 2.53 bits per heavy atom. The lowest BCUT2D eigenvalue weighted by molar-refractivity contribution is 0.575. The fourth-order valence-electron chi connectivity index (χ4n) is 1.54. The van der Waals surface area contributed by atoms with Crippen molar-refractivity contribution in [3.63, 3.8) is 0 Å². The van der Waals surface area contributed by atoms with Gasteiger partial charge >= 0.3 is 0 Å². The van der Waals surface area contributed by atoms with Gasteiger partial charge in [0.2, 0.25) is 0 Å². The van der Waals surface area contributed by atoms with Crippen LogP contribution in [-0.2, 0) is 0 Å². The molecule has 2 nitrogen and oxygen atoms in total. The minimum Gasteiger partial charge on any atom is -0.343 e. The number of aliphatic imine (C=N–C) groups is 1. The lowest BCUT2D eigenvalue weighted by atomic mass is 9.93. The van der Waals surface area contributed by atoms with Crippen LogP contribution in [0, 0.1) is 5.41 Å². The molecular weight excluding hydrogens is 184 g/mol. The summed E-state index contributed by atoms with van der Waals surface area (Å²) >= 11 is 0. The van der Waals surface area contributed by atoms with E-state index in [4.69, 9.17) is 0 Å². The Balaban J connectivity index is 2.52. The summed E-state index contributed by atoms with van der Waals surface area (Å²) in [5, 5.41) is 3.27. The second kappa shape index (κ2) is 3.23. The van der Waals surface area contributed by atoms with Gasteiger partial charge in [0.25, 0.3) is 0 Å². The smallest absolute Gasteiger partial charge is 0.112 e. The molecule has 0 radical (unpaired) electrons. The number of fused-ring (bicyclic) bond motifs is 1. The first kappa shape index (κ1) is 9.97. The van der Waals surface area contributed by atoms with Crippen LogP contribution in [0.4, 0.5) is 5.69 Å². The first-order chi connectivity index (χ1) is 6.98. The van der Waals surface area contributed by atoms with Gasteiger partial charge in [-0.25, -0.2) is 4.99 Å². The van der Waals surface area contributed by atoms with Crippen molar-refractivity contribution in [3.05, 3.63) is 36.4 Å². The van der Waals surface area contributed by atoms with Crippen LogP contribution in [0.15, 0.2) is 35.8 Å². The molecule has 0 saturated carbocycles. The number of rotatable bonds is 0. The van der Waals surface area contributed by atoms with Gasteiger partial charge in [-0.05, 0) is 6.07 Å². The van der Waals surface area contributed by atoms with Gasteiger partial charge in [0.15, 0.2) is 0 Å². The summed E-state index contributed by atoms with van der Waals surface area (Å²) in [4.78, 5) is 4.61. The predicted octanol–water partition coefficient (Wildman–Crippen LogP) is 3.34. The van der Waals surface area contributed by atoms with Crippen LogP contribution in [0.1, 0.15) is 26.3 Å². The van der Waals surface area contributed by atoms with Gasteiger partial charge in [0.1, 0.15) is 5.84 Å². The number of amidine groups is 1. The zero-order valence-electron chi connectivity index (χ0n) is 9.46. The van der Waals surface area contributed by atoms with E-state index in [1.165, 1.54) is 0 Å². The normalized spacial score (nSPS) is 15.4. The Kier molecular flexibility index (Phi) is 2.14. The zero-order chi connectivity index (χ0) is 11.1. The molecule has 0 bridgehead atoms. The average molecular weight is 200 g/mol. The molecule has 0 amide bonds. The highest BCUT2D eigenvalue weighted by molar-refractivity contribution is 6.00. The minimum atomic E-state index is 0.0243. The van der Waals surface area contributed by atoms with Gasteiger partial charge in [-0.1, -0.05) is 45.5 Å². The van der Waals surface area contributed by atoms with Crippen molar-refractivity contribution in [3.8, 4) is 0 Å². The molecule has 0 atom stereocenters. The van der Waals surface area contributed by atoms with Gasteiger partial charge < -0.3 is 5.32 Å². The van der Waals surface area contributed by atoms with Crippen LogP contribution >= 0.6 is 0 Å². The Hall–Kier alpha value is -1.57. The molecule has 0 aliphatic carbocycles. The molecule has 1 aliphatic rings. The first-order valence-electron chi connectivity index (χ1n) is 5.13. The zero-order valence-corrected chi connectivity index (χ0v) is 9.46. The third kappa shape index (κ3) is 1.80. The van der Waals surface area contributed by atoms with E-state index >= 15 is 0 Å². The molecule has 0 unspecified atom stereocenters. The van der Waals surface area contributed by atoms with E-state index < -0.39 is 0 Å². The highest BCUT2D eigenvalue weighted by Gasteiger charge is 2.23. The van der Waals surface area contributed by atoms with Crippen molar-refractivity contribution < 1.29 is 0 Å². The van der Waals surface area contributed by atoms with Gasteiger partial charge in [0, 0.05) is 16.7 Å². The van der Waals surface area contributed by atoms with Crippen LogP contribution in [0.25, 0.3) is 5.70 Å². The second-order valence-corrected chi connectivity index (χ2v) is 4.83. The number of hydrogen-bond donors (Lipinski definition) is 1. The van der Waals surface area contributed by atoms with E-state index in [1.54, 1.807) is 0 Å². The third-order valence-corrected chi connectivity index (χ3v) is 2.44. The molecule has 0 saturated heterocycles. The molecule has 2 rings (SSSR count). The maximum atomic E-state index is 4.61. The first-order valence-corrected chi connectivity index (χ1v) is 5.13. The van der Waals surface area contributed by atoms with E-state index in [-0.39, 0.29) is 5.41 Å². The number of benzene rings is 1. The summed E-state index contributed by atoms with van der Waals surface area (Å²) < 4.78 is 0.